The van der Waals surface area contributed by atoms with E-state index in [2.05, 4.69) is 38.1 Å². The zero-order valence-corrected chi connectivity index (χ0v) is 18.7. The number of anilines is 2. The van der Waals surface area contributed by atoms with Crippen molar-refractivity contribution in [2.75, 3.05) is 10.6 Å². The molecule has 0 saturated heterocycles. The summed E-state index contributed by atoms with van der Waals surface area (Å²) < 4.78 is 2.75. The summed E-state index contributed by atoms with van der Waals surface area (Å²) in [6, 6.07) is 26.7. The van der Waals surface area contributed by atoms with Crippen molar-refractivity contribution < 1.29 is 4.79 Å². The van der Waals surface area contributed by atoms with Crippen LogP contribution in [-0.4, -0.2) is 20.7 Å². The van der Waals surface area contributed by atoms with E-state index in [0.717, 1.165) is 21.3 Å². The van der Waals surface area contributed by atoms with Gasteiger partial charge in [-0.25, -0.2) is 4.68 Å². The topological polar surface area (TPSA) is 71.8 Å². The zero-order valence-electron chi connectivity index (χ0n) is 17.1. The Bertz CT molecular complexity index is 1270. The molecule has 0 aliphatic carbocycles. The lowest BCUT2D eigenvalue weighted by Crippen LogP contribution is -2.39. The molecule has 1 amide bonds. The maximum Gasteiger partial charge on any atom is 0.235 e. The molecule has 5 rings (SSSR count). The molecule has 32 heavy (non-hydrogen) atoms. The molecule has 6 nitrogen and oxygen atoms in total. The van der Waals surface area contributed by atoms with Crippen LogP contribution >= 0.6 is 15.9 Å². The number of halogens is 1. The van der Waals surface area contributed by atoms with Gasteiger partial charge in [0.1, 0.15) is 5.92 Å². The van der Waals surface area contributed by atoms with Crippen LogP contribution in [0.15, 0.2) is 102 Å². The molecular weight excluding hydrogens is 466 g/mol. The van der Waals surface area contributed by atoms with Crippen molar-refractivity contribution in [3.63, 3.8) is 0 Å². The van der Waals surface area contributed by atoms with Crippen molar-refractivity contribution >= 4 is 33.5 Å². The molecular formula is C25H20BrN5O. The van der Waals surface area contributed by atoms with Gasteiger partial charge in [-0.15, -0.1) is 5.10 Å². The van der Waals surface area contributed by atoms with E-state index in [-0.39, 0.29) is 5.91 Å². The number of nitrogens with zero attached hydrogens (tertiary/aromatic N) is 3. The largest absolute Gasteiger partial charge is 0.328 e. The Kier molecular flexibility index (Phi) is 5.33. The summed E-state index contributed by atoms with van der Waals surface area (Å²) in [5, 5.41) is 11.0. The van der Waals surface area contributed by atoms with E-state index in [9.17, 15) is 4.79 Å². The van der Waals surface area contributed by atoms with Crippen LogP contribution in [0, 0.1) is 5.92 Å². The third-order valence-corrected chi connectivity index (χ3v) is 5.95. The van der Waals surface area contributed by atoms with E-state index in [1.165, 1.54) is 0 Å². The van der Waals surface area contributed by atoms with Crippen LogP contribution in [0.5, 0.6) is 0 Å². The quantitative estimate of drug-likeness (QED) is 0.400. The lowest BCUT2D eigenvalue weighted by atomic mass is 9.88. The Morgan fingerprint density at radius 2 is 1.62 bits per heavy atom. The number of hydrogen-bond acceptors (Lipinski definition) is 4. The van der Waals surface area contributed by atoms with Crippen LogP contribution in [0.1, 0.15) is 11.6 Å². The Hall–Kier alpha value is -3.71. The molecule has 0 radical (unpaired) electrons. The van der Waals surface area contributed by atoms with Crippen molar-refractivity contribution in [1.82, 2.24) is 14.8 Å². The number of aromatic nitrogens is 3. The van der Waals surface area contributed by atoms with Crippen molar-refractivity contribution in [2.45, 2.75) is 6.04 Å². The number of carbonyl (C=O) groups excluding carboxylic acids is 1. The molecule has 158 valence electrons. The highest BCUT2D eigenvalue weighted by molar-refractivity contribution is 9.10. The monoisotopic (exact) mass is 485 g/mol. The Balaban J connectivity index is 1.59. The maximum absolute atomic E-state index is 13.4. The number of amides is 1. The highest BCUT2D eigenvalue weighted by atomic mass is 79.9. The van der Waals surface area contributed by atoms with Gasteiger partial charge >= 0.3 is 0 Å². The summed E-state index contributed by atoms with van der Waals surface area (Å²) in [4.78, 5) is 18.1. The Morgan fingerprint density at radius 3 is 2.31 bits per heavy atom. The summed E-state index contributed by atoms with van der Waals surface area (Å²) in [7, 11) is 0. The molecule has 0 bridgehead atoms. The Morgan fingerprint density at radius 1 is 0.969 bits per heavy atom. The fraction of sp³-hybridized carbons (Fsp3) is 0.0800. The predicted octanol–water partition coefficient (Wildman–Crippen LogP) is 5.49. The molecule has 2 heterocycles. The fourth-order valence-electron chi connectivity index (χ4n) is 3.90. The third kappa shape index (κ3) is 3.83. The smallest absolute Gasteiger partial charge is 0.235 e. The molecule has 0 spiro atoms. The van der Waals surface area contributed by atoms with E-state index in [0.29, 0.717) is 17.5 Å². The van der Waals surface area contributed by atoms with Gasteiger partial charge in [-0.1, -0.05) is 83.2 Å². The predicted molar refractivity (Wildman–Crippen MR) is 129 cm³/mol. The van der Waals surface area contributed by atoms with E-state index in [1.54, 1.807) is 4.68 Å². The molecule has 7 heteroatoms. The molecule has 1 aliphatic rings. The van der Waals surface area contributed by atoms with Gasteiger partial charge in [-0.3, -0.25) is 4.79 Å². The minimum atomic E-state index is -0.589. The van der Waals surface area contributed by atoms with Gasteiger partial charge in [-0.05, 0) is 29.8 Å². The summed E-state index contributed by atoms with van der Waals surface area (Å²) in [6.45, 7) is 4.17. The highest BCUT2D eigenvalue weighted by Crippen LogP contribution is 2.39. The minimum Gasteiger partial charge on any atom is -0.328 e. The van der Waals surface area contributed by atoms with E-state index in [4.69, 9.17) is 5.10 Å². The van der Waals surface area contributed by atoms with Crippen LogP contribution < -0.4 is 10.6 Å². The summed E-state index contributed by atoms with van der Waals surface area (Å²) >= 11 is 3.49. The van der Waals surface area contributed by atoms with Crippen LogP contribution in [0.3, 0.4) is 0 Å². The number of fused-ring (bicyclic) bond motifs is 1. The summed E-state index contributed by atoms with van der Waals surface area (Å²) in [6.07, 6.45) is 0. The van der Waals surface area contributed by atoms with Crippen LogP contribution in [0.25, 0.3) is 11.4 Å². The van der Waals surface area contributed by atoms with Gasteiger partial charge in [0.05, 0.1) is 6.04 Å². The number of hydrogen-bond donors (Lipinski definition) is 2. The van der Waals surface area contributed by atoms with Gasteiger partial charge in [-0.2, -0.15) is 4.98 Å². The maximum atomic E-state index is 13.4. The van der Waals surface area contributed by atoms with Gasteiger partial charge < -0.3 is 10.6 Å². The number of nitrogens with one attached hydrogen (secondary N) is 2. The number of rotatable bonds is 4. The van der Waals surface area contributed by atoms with Gasteiger partial charge in [0.2, 0.25) is 11.9 Å². The SMILES string of the molecule is C=C1Nc2nc(-c3ccccc3)nn2C(c2ccc(Br)cc2)C1C(=O)Nc1ccccc1. The minimum absolute atomic E-state index is 0.163. The molecule has 0 fully saturated rings. The van der Waals surface area contributed by atoms with Crippen molar-refractivity contribution in [3.8, 4) is 11.4 Å². The summed E-state index contributed by atoms with van der Waals surface area (Å²) in [5.74, 6) is 0.399. The van der Waals surface area contributed by atoms with Crippen molar-refractivity contribution in [2.24, 2.45) is 5.92 Å². The van der Waals surface area contributed by atoms with E-state index < -0.39 is 12.0 Å². The van der Waals surface area contributed by atoms with Crippen LogP contribution in [0.2, 0.25) is 0 Å². The first-order chi connectivity index (χ1) is 15.6. The van der Waals surface area contributed by atoms with E-state index in [1.807, 2.05) is 84.9 Å². The second kappa shape index (κ2) is 8.43. The Labute approximate surface area is 194 Å². The van der Waals surface area contributed by atoms with Crippen LogP contribution in [-0.2, 0) is 4.79 Å². The van der Waals surface area contributed by atoms with E-state index >= 15 is 0 Å². The van der Waals surface area contributed by atoms with Crippen molar-refractivity contribution in [1.29, 1.82) is 0 Å². The fourth-order valence-corrected chi connectivity index (χ4v) is 4.17. The highest BCUT2D eigenvalue weighted by Gasteiger charge is 2.40. The number of benzene rings is 3. The molecule has 2 N–H and O–H groups in total. The average molecular weight is 486 g/mol. The normalized spacial score (nSPS) is 17.3. The zero-order chi connectivity index (χ0) is 22.1. The average Bonchev–Trinajstić information content (AvgIpc) is 3.23. The molecule has 1 aromatic heterocycles. The first-order valence-electron chi connectivity index (χ1n) is 10.2. The van der Waals surface area contributed by atoms with Crippen LogP contribution in [0.4, 0.5) is 11.6 Å². The lowest BCUT2D eigenvalue weighted by molar-refractivity contribution is -0.119. The molecule has 0 saturated carbocycles. The molecule has 2 atom stereocenters. The van der Waals surface area contributed by atoms with Gasteiger partial charge in [0, 0.05) is 21.4 Å². The first kappa shape index (κ1) is 20.2. The first-order valence-corrected chi connectivity index (χ1v) is 11.0. The van der Waals surface area contributed by atoms with Gasteiger partial charge in [0.25, 0.3) is 0 Å². The molecule has 1 aliphatic heterocycles. The lowest BCUT2D eigenvalue weighted by Gasteiger charge is -2.33. The second-order valence-electron chi connectivity index (χ2n) is 7.55. The second-order valence-corrected chi connectivity index (χ2v) is 8.46. The molecule has 3 aromatic carbocycles. The molecule has 4 aromatic rings. The third-order valence-electron chi connectivity index (χ3n) is 5.43. The number of carbonyl (C=O) groups is 1. The summed E-state index contributed by atoms with van der Waals surface area (Å²) in [5.41, 5.74) is 3.15. The van der Waals surface area contributed by atoms with Gasteiger partial charge in [0.15, 0.2) is 5.82 Å². The van der Waals surface area contributed by atoms with Crippen molar-refractivity contribution in [3.05, 3.63) is 107 Å². The molecule has 2 unspecified atom stereocenters. The number of para-hydroxylation sites is 1. The standard InChI is InChI=1S/C25H20BrN5O/c1-16-21(24(32)28-20-10-6-3-7-11-20)22(17-12-14-19(26)15-13-17)31-25(27-16)29-23(30-31)18-8-4-2-5-9-18/h2-15,21-22H,1H2,(H,28,32)(H,27,29,30).